The van der Waals surface area contributed by atoms with E-state index in [1.807, 2.05) is 0 Å². The second-order valence-electron chi connectivity index (χ2n) is 5.82. The Hall–Kier alpha value is -2.36. The van der Waals surface area contributed by atoms with Crippen LogP contribution >= 0.6 is 11.6 Å². The van der Waals surface area contributed by atoms with Crippen molar-refractivity contribution in [1.29, 1.82) is 0 Å². The molecule has 0 aliphatic heterocycles. The van der Waals surface area contributed by atoms with Crippen molar-refractivity contribution in [3.05, 3.63) is 51.9 Å². The third-order valence-electron chi connectivity index (χ3n) is 4.05. The highest BCUT2D eigenvalue weighted by Crippen LogP contribution is 2.27. The van der Waals surface area contributed by atoms with Crippen LogP contribution in [0.5, 0.6) is 5.75 Å². The number of anilines is 1. The lowest BCUT2D eigenvalue weighted by atomic mass is 10.3. The second kappa shape index (κ2) is 9.22. The van der Waals surface area contributed by atoms with Crippen molar-refractivity contribution >= 4 is 33.2 Å². The molecule has 0 unspecified atom stereocenters. The first kappa shape index (κ1) is 21.9. The Bertz CT molecular complexity index is 1020. The summed E-state index contributed by atoms with van der Waals surface area (Å²) in [6, 6.07) is 7.10. The molecule has 8 nitrogen and oxygen atoms in total. The van der Waals surface area contributed by atoms with Crippen molar-refractivity contribution in [1.82, 2.24) is 8.87 Å². The highest BCUT2D eigenvalue weighted by atomic mass is 35.5. The van der Waals surface area contributed by atoms with E-state index in [1.54, 1.807) is 26.0 Å². The highest BCUT2D eigenvalue weighted by molar-refractivity contribution is 7.89. The number of aromatic nitrogens is 1. The van der Waals surface area contributed by atoms with Gasteiger partial charge in [-0.05, 0) is 24.3 Å². The maximum atomic E-state index is 12.6. The molecule has 1 N–H and O–H groups in total. The molecule has 0 aliphatic carbocycles. The normalized spacial score (nSPS) is 11.5. The molecule has 0 spiro atoms. The number of pyridine rings is 1. The largest absolute Gasteiger partial charge is 0.495 e. The van der Waals surface area contributed by atoms with Gasteiger partial charge in [0.1, 0.15) is 12.3 Å². The summed E-state index contributed by atoms with van der Waals surface area (Å²) in [5.41, 5.74) is -0.0582. The van der Waals surface area contributed by atoms with Gasteiger partial charge in [0.05, 0.1) is 17.0 Å². The molecule has 0 atom stereocenters. The first-order valence-electron chi connectivity index (χ1n) is 8.57. The Balaban J connectivity index is 2.23. The smallest absolute Gasteiger partial charge is 0.251 e. The number of amides is 1. The minimum absolute atomic E-state index is 0.0453. The molecule has 0 fully saturated rings. The summed E-state index contributed by atoms with van der Waals surface area (Å²) in [4.78, 5) is 24.3. The van der Waals surface area contributed by atoms with E-state index >= 15 is 0 Å². The Morgan fingerprint density at radius 1 is 1.21 bits per heavy atom. The van der Waals surface area contributed by atoms with E-state index < -0.39 is 21.5 Å². The Kier molecular flexibility index (Phi) is 7.22. The number of hydrogen-bond donors (Lipinski definition) is 1. The number of carbonyl (C=O) groups is 1. The number of halogens is 1. The van der Waals surface area contributed by atoms with Gasteiger partial charge in [0.15, 0.2) is 0 Å². The molecule has 2 rings (SSSR count). The Morgan fingerprint density at radius 2 is 1.89 bits per heavy atom. The van der Waals surface area contributed by atoms with Crippen molar-refractivity contribution in [2.24, 2.45) is 0 Å². The Labute approximate surface area is 168 Å². The SMILES string of the molecule is CCN(CC)S(=O)(=O)c1ccc(=O)n(CC(=O)Nc2ccc(OC)c(Cl)c2)c1. The van der Waals surface area contributed by atoms with Gasteiger partial charge in [-0.2, -0.15) is 4.31 Å². The molecular formula is C18H22ClN3O5S. The quantitative estimate of drug-likeness (QED) is 0.696. The third-order valence-corrected chi connectivity index (χ3v) is 6.38. The van der Waals surface area contributed by atoms with Crippen molar-refractivity contribution in [2.75, 3.05) is 25.5 Å². The summed E-state index contributed by atoms with van der Waals surface area (Å²) < 4.78 is 32.6. The molecule has 0 aliphatic rings. The van der Waals surface area contributed by atoms with Crippen LogP contribution < -0.4 is 15.6 Å². The lowest BCUT2D eigenvalue weighted by Crippen LogP contribution is -2.33. The van der Waals surface area contributed by atoms with Gasteiger partial charge in [0.2, 0.25) is 15.9 Å². The number of nitrogens with one attached hydrogen (secondary N) is 1. The molecule has 0 saturated heterocycles. The number of methoxy groups -OCH3 is 1. The average Bonchev–Trinajstić information content (AvgIpc) is 2.64. The van der Waals surface area contributed by atoms with Crippen molar-refractivity contribution < 1.29 is 17.9 Å². The van der Waals surface area contributed by atoms with Gasteiger partial charge in [-0.1, -0.05) is 25.4 Å². The predicted octanol–water partition coefficient (Wildman–Crippen LogP) is 2.18. The number of rotatable bonds is 8. The van der Waals surface area contributed by atoms with E-state index in [1.165, 1.54) is 29.7 Å². The standard InChI is InChI=1S/C18H22ClN3O5S/c1-4-22(5-2)28(25,26)14-7-9-18(24)21(11-14)12-17(23)20-13-6-8-16(27-3)15(19)10-13/h6-11H,4-5,12H2,1-3H3,(H,20,23). The molecule has 1 aromatic carbocycles. The van der Waals surface area contributed by atoms with Crippen LogP contribution in [0.2, 0.25) is 5.02 Å². The van der Waals surface area contributed by atoms with E-state index in [9.17, 15) is 18.0 Å². The highest BCUT2D eigenvalue weighted by Gasteiger charge is 2.22. The fraction of sp³-hybridized carbons (Fsp3) is 0.333. The van der Waals surface area contributed by atoms with Crippen LogP contribution in [0.3, 0.4) is 0 Å². The molecule has 1 amide bonds. The summed E-state index contributed by atoms with van der Waals surface area (Å²) in [6.07, 6.45) is 1.18. The molecule has 1 heterocycles. The first-order chi connectivity index (χ1) is 13.2. The van der Waals surface area contributed by atoms with Gasteiger partial charge in [-0.25, -0.2) is 8.42 Å². The fourth-order valence-electron chi connectivity index (χ4n) is 2.60. The van der Waals surface area contributed by atoms with Crippen LogP contribution in [0.15, 0.2) is 46.2 Å². The summed E-state index contributed by atoms with van der Waals surface area (Å²) in [7, 11) is -2.26. The number of nitrogens with zero attached hydrogens (tertiary/aromatic N) is 2. The second-order valence-corrected chi connectivity index (χ2v) is 8.16. The molecule has 0 bridgehead atoms. The van der Waals surface area contributed by atoms with Gasteiger partial charge in [-0.15, -0.1) is 0 Å². The van der Waals surface area contributed by atoms with Gasteiger partial charge in [-0.3, -0.25) is 9.59 Å². The third kappa shape index (κ3) is 4.92. The van der Waals surface area contributed by atoms with Gasteiger partial charge >= 0.3 is 0 Å². The van der Waals surface area contributed by atoms with Crippen LogP contribution in [0.4, 0.5) is 5.69 Å². The van der Waals surface area contributed by atoms with Gasteiger partial charge in [0.25, 0.3) is 5.56 Å². The number of hydrogen-bond acceptors (Lipinski definition) is 5. The zero-order valence-corrected chi connectivity index (χ0v) is 17.4. The molecule has 0 saturated carbocycles. The van der Waals surface area contributed by atoms with Gasteiger partial charge in [0, 0.05) is 31.0 Å². The maximum Gasteiger partial charge on any atom is 0.251 e. The molecule has 28 heavy (non-hydrogen) atoms. The molecule has 1 aromatic heterocycles. The lowest BCUT2D eigenvalue weighted by Gasteiger charge is -2.19. The van der Waals surface area contributed by atoms with Crippen LogP contribution in [0.25, 0.3) is 0 Å². The molecular weight excluding hydrogens is 406 g/mol. The van der Waals surface area contributed by atoms with Crippen LogP contribution in [-0.4, -0.2) is 43.4 Å². The van der Waals surface area contributed by atoms with Crippen molar-refractivity contribution in [3.8, 4) is 5.75 Å². The fourth-order valence-corrected chi connectivity index (χ4v) is 4.33. The number of ether oxygens (including phenoxy) is 1. The summed E-state index contributed by atoms with van der Waals surface area (Å²) in [6.45, 7) is 3.71. The van der Waals surface area contributed by atoms with E-state index in [4.69, 9.17) is 16.3 Å². The van der Waals surface area contributed by atoms with Gasteiger partial charge < -0.3 is 14.6 Å². The zero-order valence-electron chi connectivity index (χ0n) is 15.8. The minimum atomic E-state index is -3.74. The topological polar surface area (TPSA) is 97.7 Å². The summed E-state index contributed by atoms with van der Waals surface area (Å²) >= 11 is 6.02. The average molecular weight is 428 g/mol. The number of benzene rings is 1. The molecule has 152 valence electrons. The first-order valence-corrected chi connectivity index (χ1v) is 10.4. The van der Waals surface area contributed by atoms with Crippen LogP contribution in [0.1, 0.15) is 13.8 Å². The van der Waals surface area contributed by atoms with Crippen molar-refractivity contribution in [2.45, 2.75) is 25.3 Å². The van der Waals surface area contributed by atoms with Crippen LogP contribution in [-0.2, 0) is 21.4 Å². The lowest BCUT2D eigenvalue weighted by molar-refractivity contribution is -0.116. The van der Waals surface area contributed by atoms with E-state index in [2.05, 4.69) is 5.32 Å². The van der Waals surface area contributed by atoms with E-state index in [0.29, 0.717) is 29.5 Å². The monoisotopic (exact) mass is 427 g/mol. The summed E-state index contributed by atoms with van der Waals surface area (Å²) in [5, 5.41) is 2.94. The Morgan fingerprint density at radius 3 is 2.46 bits per heavy atom. The zero-order chi connectivity index (χ0) is 20.9. The minimum Gasteiger partial charge on any atom is -0.495 e. The molecule has 0 radical (unpaired) electrons. The predicted molar refractivity (Wildman–Crippen MR) is 107 cm³/mol. The van der Waals surface area contributed by atoms with E-state index in [0.717, 1.165) is 10.6 Å². The number of sulfonamides is 1. The molecule has 2 aromatic rings. The van der Waals surface area contributed by atoms with E-state index in [-0.39, 0.29) is 11.4 Å². The van der Waals surface area contributed by atoms with Crippen LogP contribution in [0, 0.1) is 0 Å². The van der Waals surface area contributed by atoms with Crippen molar-refractivity contribution in [3.63, 3.8) is 0 Å². The number of carbonyl (C=O) groups excluding carboxylic acids is 1. The molecule has 10 heteroatoms. The maximum absolute atomic E-state index is 12.6. The summed E-state index contributed by atoms with van der Waals surface area (Å²) in [5.74, 6) is -0.0362.